The number of aromatic nitrogens is 2. The maximum Gasteiger partial charge on any atom is 0.321 e. The van der Waals surface area contributed by atoms with E-state index in [1.165, 1.54) is 0 Å². The number of carbonyl (C=O) groups is 1. The Balaban J connectivity index is 1.40. The predicted octanol–water partition coefficient (Wildman–Crippen LogP) is 2.94. The summed E-state index contributed by atoms with van der Waals surface area (Å²) in [6.07, 6.45) is 0. The van der Waals surface area contributed by atoms with E-state index < -0.39 is 0 Å². The molecule has 1 aromatic heterocycles. The molecule has 7 heteroatoms. The third-order valence-electron chi connectivity index (χ3n) is 4.93. The normalized spacial score (nSPS) is 14.4. The van der Waals surface area contributed by atoms with Crippen molar-refractivity contribution in [3.8, 4) is 5.75 Å². The molecule has 3 aromatic rings. The van der Waals surface area contributed by atoms with Gasteiger partial charge in [0.15, 0.2) is 0 Å². The first kappa shape index (κ1) is 17.2. The largest absolute Gasteiger partial charge is 0.497 e. The maximum atomic E-state index is 12.6. The number of anilines is 2. The van der Waals surface area contributed by atoms with E-state index in [1.54, 1.807) is 7.11 Å². The highest BCUT2D eigenvalue weighted by Gasteiger charge is 2.24. The number of benzene rings is 2. The number of aryl methyl sites for hydroxylation is 1. The molecule has 0 radical (unpaired) electrons. The van der Waals surface area contributed by atoms with Gasteiger partial charge in [-0.25, -0.2) is 9.78 Å². The average molecular weight is 365 g/mol. The topological polar surface area (TPSA) is 62.6 Å². The van der Waals surface area contributed by atoms with Gasteiger partial charge < -0.3 is 24.4 Å². The Hall–Kier alpha value is -3.22. The SMILES string of the molecule is COc1cccc(NC(=O)N2CCN(c3nc4ccccc4n3C)CC2)c1. The van der Waals surface area contributed by atoms with Gasteiger partial charge in [-0.05, 0) is 24.3 Å². The van der Waals surface area contributed by atoms with Gasteiger partial charge in [-0.2, -0.15) is 0 Å². The number of carbonyl (C=O) groups excluding carboxylic acids is 1. The van der Waals surface area contributed by atoms with E-state index in [9.17, 15) is 4.79 Å². The van der Waals surface area contributed by atoms with Gasteiger partial charge in [-0.15, -0.1) is 0 Å². The highest BCUT2D eigenvalue weighted by Crippen LogP contribution is 2.22. The van der Waals surface area contributed by atoms with Crippen LogP contribution in [0, 0.1) is 0 Å². The van der Waals surface area contributed by atoms with Gasteiger partial charge in [-0.3, -0.25) is 0 Å². The van der Waals surface area contributed by atoms with E-state index >= 15 is 0 Å². The van der Waals surface area contributed by atoms with Crippen LogP contribution in [0.2, 0.25) is 0 Å². The number of fused-ring (bicyclic) bond motifs is 1. The van der Waals surface area contributed by atoms with E-state index in [2.05, 4.69) is 20.9 Å². The van der Waals surface area contributed by atoms with Crippen LogP contribution >= 0.6 is 0 Å². The first-order valence-electron chi connectivity index (χ1n) is 9.02. The van der Waals surface area contributed by atoms with Crippen LogP contribution in [0.1, 0.15) is 0 Å². The molecule has 27 heavy (non-hydrogen) atoms. The quantitative estimate of drug-likeness (QED) is 0.775. The van der Waals surface area contributed by atoms with Gasteiger partial charge in [0.05, 0.1) is 18.1 Å². The summed E-state index contributed by atoms with van der Waals surface area (Å²) in [5.41, 5.74) is 2.84. The number of nitrogens with one attached hydrogen (secondary N) is 1. The lowest BCUT2D eigenvalue weighted by atomic mass is 10.3. The second-order valence-electron chi connectivity index (χ2n) is 6.60. The van der Waals surface area contributed by atoms with Crippen molar-refractivity contribution in [2.75, 3.05) is 43.5 Å². The van der Waals surface area contributed by atoms with Crippen molar-refractivity contribution >= 4 is 28.7 Å². The number of hydrogen-bond donors (Lipinski definition) is 1. The van der Waals surface area contributed by atoms with Gasteiger partial charge in [0.1, 0.15) is 5.75 Å². The molecule has 2 aromatic carbocycles. The van der Waals surface area contributed by atoms with Crippen LogP contribution in [0.3, 0.4) is 0 Å². The van der Waals surface area contributed by atoms with Gasteiger partial charge in [0.25, 0.3) is 0 Å². The van der Waals surface area contributed by atoms with Crippen LogP contribution in [0.25, 0.3) is 11.0 Å². The molecule has 0 saturated carbocycles. The number of para-hydroxylation sites is 2. The lowest BCUT2D eigenvalue weighted by Gasteiger charge is -2.35. The van der Waals surface area contributed by atoms with E-state index in [1.807, 2.05) is 54.4 Å². The zero-order valence-corrected chi connectivity index (χ0v) is 15.6. The molecular formula is C20H23N5O2. The highest BCUT2D eigenvalue weighted by atomic mass is 16.5. The molecule has 0 spiro atoms. The third-order valence-corrected chi connectivity index (χ3v) is 4.93. The molecule has 1 fully saturated rings. The van der Waals surface area contributed by atoms with Crippen molar-refractivity contribution < 1.29 is 9.53 Å². The zero-order chi connectivity index (χ0) is 18.8. The van der Waals surface area contributed by atoms with Crippen LogP contribution in [0.5, 0.6) is 5.75 Å². The molecule has 0 atom stereocenters. The standard InChI is InChI=1S/C20H23N5O2/c1-23-18-9-4-3-8-17(18)22-19(23)24-10-12-25(13-11-24)20(26)21-15-6-5-7-16(14-15)27-2/h3-9,14H,10-13H2,1-2H3,(H,21,26). The predicted molar refractivity (Wildman–Crippen MR) is 107 cm³/mol. The van der Waals surface area contributed by atoms with Crippen molar-refractivity contribution in [3.05, 3.63) is 48.5 Å². The molecule has 0 bridgehead atoms. The molecular weight excluding hydrogens is 342 g/mol. The van der Waals surface area contributed by atoms with Gasteiger partial charge in [-0.1, -0.05) is 18.2 Å². The summed E-state index contributed by atoms with van der Waals surface area (Å²) in [7, 11) is 3.65. The molecule has 140 valence electrons. The number of piperazine rings is 1. The maximum absolute atomic E-state index is 12.6. The molecule has 0 unspecified atom stereocenters. The van der Waals surface area contributed by atoms with E-state index in [4.69, 9.17) is 9.72 Å². The van der Waals surface area contributed by atoms with Crippen LogP contribution in [-0.2, 0) is 7.05 Å². The van der Waals surface area contributed by atoms with Crippen molar-refractivity contribution in [1.82, 2.24) is 14.5 Å². The van der Waals surface area contributed by atoms with Gasteiger partial charge in [0, 0.05) is 45.0 Å². The Kier molecular flexibility index (Phi) is 4.58. The number of methoxy groups -OCH3 is 1. The smallest absolute Gasteiger partial charge is 0.321 e. The molecule has 1 aliphatic heterocycles. The fraction of sp³-hybridized carbons (Fsp3) is 0.300. The Labute approximate surface area is 158 Å². The number of nitrogens with zero attached hydrogens (tertiary/aromatic N) is 4. The Bertz CT molecular complexity index is 960. The fourth-order valence-electron chi connectivity index (χ4n) is 3.43. The van der Waals surface area contributed by atoms with Gasteiger partial charge in [0.2, 0.25) is 5.95 Å². The fourth-order valence-corrected chi connectivity index (χ4v) is 3.43. The molecule has 1 saturated heterocycles. The number of ether oxygens (including phenoxy) is 1. The summed E-state index contributed by atoms with van der Waals surface area (Å²) in [5, 5.41) is 2.94. The van der Waals surface area contributed by atoms with Crippen molar-refractivity contribution in [2.45, 2.75) is 0 Å². The van der Waals surface area contributed by atoms with E-state index in [0.29, 0.717) is 13.1 Å². The molecule has 2 heterocycles. The van der Waals surface area contributed by atoms with Gasteiger partial charge >= 0.3 is 6.03 Å². The second-order valence-corrected chi connectivity index (χ2v) is 6.60. The number of rotatable bonds is 3. The minimum absolute atomic E-state index is 0.0899. The summed E-state index contributed by atoms with van der Waals surface area (Å²) in [6, 6.07) is 15.4. The Morgan fingerprint density at radius 1 is 1.07 bits per heavy atom. The first-order valence-corrected chi connectivity index (χ1v) is 9.02. The van der Waals surface area contributed by atoms with E-state index in [-0.39, 0.29) is 6.03 Å². The first-order chi connectivity index (χ1) is 13.2. The minimum Gasteiger partial charge on any atom is -0.497 e. The molecule has 0 aliphatic carbocycles. The lowest BCUT2D eigenvalue weighted by Crippen LogP contribution is -2.50. The lowest BCUT2D eigenvalue weighted by molar-refractivity contribution is 0.208. The molecule has 7 nitrogen and oxygen atoms in total. The number of amides is 2. The molecule has 1 aliphatic rings. The van der Waals surface area contributed by atoms with E-state index in [0.717, 1.165) is 41.5 Å². The second kappa shape index (κ2) is 7.19. The number of imidazole rings is 1. The summed E-state index contributed by atoms with van der Waals surface area (Å²) < 4.78 is 7.31. The average Bonchev–Trinajstić information content (AvgIpc) is 3.05. The van der Waals surface area contributed by atoms with Crippen LogP contribution < -0.4 is 15.0 Å². The molecule has 4 rings (SSSR count). The summed E-state index contributed by atoms with van der Waals surface area (Å²) in [5.74, 6) is 1.67. The molecule has 2 amide bonds. The third kappa shape index (κ3) is 3.40. The van der Waals surface area contributed by atoms with Crippen molar-refractivity contribution in [2.24, 2.45) is 7.05 Å². The molecule has 1 N–H and O–H groups in total. The van der Waals surface area contributed by atoms with Crippen LogP contribution in [0.15, 0.2) is 48.5 Å². The number of urea groups is 1. The number of hydrogen-bond acceptors (Lipinski definition) is 4. The Morgan fingerprint density at radius 3 is 2.59 bits per heavy atom. The summed E-state index contributed by atoms with van der Waals surface area (Å²) in [6.45, 7) is 2.81. The summed E-state index contributed by atoms with van der Waals surface area (Å²) >= 11 is 0. The van der Waals surface area contributed by atoms with Crippen molar-refractivity contribution in [3.63, 3.8) is 0 Å². The van der Waals surface area contributed by atoms with Crippen LogP contribution in [-0.4, -0.2) is 53.8 Å². The zero-order valence-electron chi connectivity index (χ0n) is 15.6. The minimum atomic E-state index is -0.0899. The van der Waals surface area contributed by atoms with Crippen LogP contribution in [0.4, 0.5) is 16.4 Å². The Morgan fingerprint density at radius 2 is 1.85 bits per heavy atom. The highest BCUT2D eigenvalue weighted by molar-refractivity contribution is 5.89. The van der Waals surface area contributed by atoms with Crippen molar-refractivity contribution in [1.29, 1.82) is 0 Å². The monoisotopic (exact) mass is 365 g/mol. The summed E-state index contributed by atoms with van der Waals surface area (Å²) in [4.78, 5) is 21.4.